The number of rotatable bonds is 8. The van der Waals surface area contributed by atoms with E-state index in [1.54, 1.807) is 0 Å². The number of ether oxygens (including phenoxy) is 4. The molecule has 10 heteroatoms. The molecule has 0 aromatic heterocycles. The van der Waals surface area contributed by atoms with Crippen molar-refractivity contribution in [3.05, 3.63) is 47.5 Å². The fourth-order valence-electron chi connectivity index (χ4n) is 2.98. The molecule has 32 heavy (non-hydrogen) atoms. The van der Waals surface area contributed by atoms with Gasteiger partial charge in [0.25, 0.3) is 0 Å². The lowest BCUT2D eigenvalue weighted by Crippen LogP contribution is -2.26. The zero-order valence-electron chi connectivity index (χ0n) is 17.3. The van der Waals surface area contributed by atoms with E-state index in [-0.39, 0.29) is 37.2 Å². The Morgan fingerprint density at radius 1 is 0.688 bits per heavy atom. The lowest BCUT2D eigenvalue weighted by atomic mass is 10.1. The first-order valence-electron chi connectivity index (χ1n) is 10.0. The molecule has 4 rings (SSSR count). The van der Waals surface area contributed by atoms with Crippen LogP contribution in [0.5, 0.6) is 23.0 Å². The molecule has 0 bridgehead atoms. The molecule has 2 N–H and O–H groups in total. The van der Waals surface area contributed by atoms with Gasteiger partial charge in [-0.05, 0) is 48.2 Å². The number of amides is 2. The van der Waals surface area contributed by atoms with Crippen molar-refractivity contribution in [3.8, 4) is 23.0 Å². The summed E-state index contributed by atoms with van der Waals surface area (Å²) < 4.78 is 20.9. The highest BCUT2D eigenvalue weighted by Gasteiger charge is 2.14. The molecule has 2 aromatic rings. The van der Waals surface area contributed by atoms with Crippen LogP contribution in [-0.2, 0) is 22.4 Å². The predicted molar refractivity (Wildman–Crippen MR) is 120 cm³/mol. The average molecular weight is 483 g/mol. The largest absolute Gasteiger partial charge is 0.454 e. The molecule has 2 aromatic carbocycles. The molecule has 2 heterocycles. The summed E-state index contributed by atoms with van der Waals surface area (Å²) in [4.78, 5) is 21.8. The first kappa shape index (κ1) is 23.8. The standard InChI is InChI=1S/2C11H12ClNO3/c2*12-6-11(14)13-4-3-8-1-2-9-10(5-8)16-7-15-9/h2*1-2,5H,3-4,6-7H2,(H,13,14). The third-order valence-electron chi connectivity index (χ3n) is 4.59. The summed E-state index contributed by atoms with van der Waals surface area (Å²) in [7, 11) is 0. The van der Waals surface area contributed by atoms with Crippen LogP contribution in [0.1, 0.15) is 11.1 Å². The summed E-state index contributed by atoms with van der Waals surface area (Å²) in [6.07, 6.45) is 1.50. The van der Waals surface area contributed by atoms with Gasteiger partial charge in [0.15, 0.2) is 23.0 Å². The number of nitrogens with one attached hydrogen (secondary N) is 2. The van der Waals surface area contributed by atoms with Crippen LogP contribution in [0.3, 0.4) is 0 Å². The Balaban J connectivity index is 0.000000181. The lowest BCUT2D eigenvalue weighted by molar-refractivity contribution is -0.119. The van der Waals surface area contributed by atoms with Crippen molar-refractivity contribution in [2.45, 2.75) is 12.8 Å². The van der Waals surface area contributed by atoms with Crippen LogP contribution in [0.2, 0.25) is 0 Å². The van der Waals surface area contributed by atoms with Gasteiger partial charge in [0.2, 0.25) is 25.4 Å². The van der Waals surface area contributed by atoms with E-state index in [2.05, 4.69) is 10.6 Å². The second-order valence-electron chi connectivity index (χ2n) is 6.84. The molecular weight excluding hydrogens is 459 g/mol. The Hall–Kier alpha value is -2.84. The number of alkyl halides is 2. The normalized spacial score (nSPS) is 12.6. The zero-order chi connectivity index (χ0) is 22.8. The van der Waals surface area contributed by atoms with Crippen LogP contribution < -0.4 is 29.6 Å². The SMILES string of the molecule is O=C(CCl)NCCc1ccc2c(c1)OCO2.O=C(CCl)NCCc1ccc2c(c1)OCO2. The van der Waals surface area contributed by atoms with E-state index in [1.165, 1.54) is 0 Å². The molecule has 0 spiro atoms. The number of halogens is 2. The van der Waals surface area contributed by atoms with Crippen molar-refractivity contribution >= 4 is 35.0 Å². The zero-order valence-corrected chi connectivity index (χ0v) is 18.8. The maximum Gasteiger partial charge on any atom is 0.234 e. The first-order chi connectivity index (χ1) is 15.6. The van der Waals surface area contributed by atoms with Gasteiger partial charge in [-0.2, -0.15) is 0 Å². The molecule has 0 unspecified atom stereocenters. The van der Waals surface area contributed by atoms with Gasteiger partial charge < -0.3 is 29.6 Å². The van der Waals surface area contributed by atoms with E-state index in [0.717, 1.165) is 47.0 Å². The molecule has 0 atom stereocenters. The van der Waals surface area contributed by atoms with Gasteiger partial charge in [-0.3, -0.25) is 9.59 Å². The highest BCUT2D eigenvalue weighted by Crippen LogP contribution is 2.33. The number of carbonyl (C=O) groups is 2. The van der Waals surface area contributed by atoms with Crippen LogP contribution in [0.15, 0.2) is 36.4 Å². The fourth-order valence-corrected chi connectivity index (χ4v) is 3.17. The maximum atomic E-state index is 10.9. The highest BCUT2D eigenvalue weighted by atomic mass is 35.5. The molecule has 0 fully saturated rings. The summed E-state index contributed by atoms with van der Waals surface area (Å²) in [6, 6.07) is 11.5. The van der Waals surface area contributed by atoms with E-state index >= 15 is 0 Å². The van der Waals surface area contributed by atoms with Crippen molar-refractivity contribution < 1.29 is 28.5 Å². The topological polar surface area (TPSA) is 95.1 Å². The van der Waals surface area contributed by atoms with Crippen LogP contribution in [-0.4, -0.2) is 50.2 Å². The number of hydrogen-bond donors (Lipinski definition) is 2. The van der Waals surface area contributed by atoms with Crippen LogP contribution in [0.25, 0.3) is 0 Å². The number of carbonyl (C=O) groups excluding carboxylic acids is 2. The second kappa shape index (κ2) is 12.3. The average Bonchev–Trinajstić information content (AvgIpc) is 3.47. The Morgan fingerprint density at radius 2 is 1.09 bits per heavy atom. The minimum absolute atomic E-state index is 0.00113. The van der Waals surface area contributed by atoms with Gasteiger partial charge in [-0.15, -0.1) is 23.2 Å². The van der Waals surface area contributed by atoms with Gasteiger partial charge in [-0.25, -0.2) is 0 Å². The third kappa shape index (κ3) is 7.10. The van der Waals surface area contributed by atoms with Gasteiger partial charge in [0, 0.05) is 13.1 Å². The minimum Gasteiger partial charge on any atom is -0.454 e. The molecule has 172 valence electrons. The summed E-state index contributed by atoms with van der Waals surface area (Å²) in [5, 5.41) is 5.41. The predicted octanol–water partition coefficient (Wildman–Crippen LogP) is 2.63. The Morgan fingerprint density at radius 3 is 1.50 bits per heavy atom. The van der Waals surface area contributed by atoms with Crippen LogP contribution in [0.4, 0.5) is 0 Å². The fraction of sp³-hybridized carbons (Fsp3) is 0.364. The van der Waals surface area contributed by atoms with Gasteiger partial charge in [0.05, 0.1) is 0 Å². The van der Waals surface area contributed by atoms with E-state index in [1.807, 2.05) is 36.4 Å². The van der Waals surface area contributed by atoms with Crippen molar-refractivity contribution in [3.63, 3.8) is 0 Å². The van der Waals surface area contributed by atoms with Gasteiger partial charge in [0.1, 0.15) is 11.8 Å². The Labute approximate surface area is 196 Å². The molecule has 0 saturated carbocycles. The molecule has 2 aliphatic rings. The van der Waals surface area contributed by atoms with Gasteiger partial charge >= 0.3 is 0 Å². The molecule has 2 aliphatic heterocycles. The molecule has 0 aliphatic carbocycles. The third-order valence-corrected chi connectivity index (χ3v) is 5.07. The maximum absolute atomic E-state index is 10.9. The minimum atomic E-state index is -0.151. The summed E-state index contributed by atoms with van der Waals surface area (Å²) >= 11 is 10.7. The van der Waals surface area contributed by atoms with Crippen molar-refractivity contribution in [1.82, 2.24) is 10.6 Å². The monoisotopic (exact) mass is 482 g/mol. The summed E-state index contributed by atoms with van der Waals surface area (Å²) in [6.45, 7) is 1.71. The summed E-state index contributed by atoms with van der Waals surface area (Å²) in [5.41, 5.74) is 2.19. The van der Waals surface area contributed by atoms with E-state index < -0.39 is 0 Å². The van der Waals surface area contributed by atoms with Crippen molar-refractivity contribution in [2.75, 3.05) is 38.4 Å². The smallest absolute Gasteiger partial charge is 0.234 e. The molecular formula is C22H24Cl2N2O6. The number of benzene rings is 2. The lowest BCUT2D eigenvalue weighted by Gasteiger charge is -2.04. The molecule has 2 amide bonds. The van der Waals surface area contributed by atoms with Crippen LogP contribution in [0, 0.1) is 0 Å². The van der Waals surface area contributed by atoms with Gasteiger partial charge in [-0.1, -0.05) is 12.1 Å². The first-order valence-corrected chi connectivity index (χ1v) is 11.1. The van der Waals surface area contributed by atoms with Crippen LogP contribution >= 0.6 is 23.2 Å². The highest BCUT2D eigenvalue weighted by molar-refractivity contribution is 6.27. The number of hydrogen-bond acceptors (Lipinski definition) is 6. The number of fused-ring (bicyclic) bond motifs is 2. The summed E-state index contributed by atoms with van der Waals surface area (Å²) in [5.74, 6) is 2.77. The van der Waals surface area contributed by atoms with E-state index in [0.29, 0.717) is 13.1 Å². The Kier molecular flexibility index (Phi) is 9.13. The van der Waals surface area contributed by atoms with Crippen molar-refractivity contribution in [2.24, 2.45) is 0 Å². The Bertz CT molecular complexity index is 865. The van der Waals surface area contributed by atoms with Crippen molar-refractivity contribution in [1.29, 1.82) is 0 Å². The quantitative estimate of drug-likeness (QED) is 0.561. The molecule has 0 radical (unpaired) electrons. The van der Waals surface area contributed by atoms with E-state index in [4.69, 9.17) is 42.1 Å². The van der Waals surface area contributed by atoms with E-state index in [9.17, 15) is 9.59 Å². The molecule has 0 saturated heterocycles. The second-order valence-corrected chi connectivity index (χ2v) is 7.38. The molecule has 8 nitrogen and oxygen atoms in total.